The third kappa shape index (κ3) is 6.10. The Morgan fingerprint density at radius 2 is 0.489 bits per heavy atom. The molecular formula is C42H34O3P2. The number of benzene rings is 7. The molecule has 0 aliphatic rings. The van der Waals surface area contributed by atoms with Crippen LogP contribution in [0.3, 0.4) is 0 Å². The molecular weight excluding hydrogens is 614 g/mol. The van der Waals surface area contributed by atoms with Crippen molar-refractivity contribution in [2.24, 2.45) is 0 Å². The van der Waals surface area contributed by atoms with Gasteiger partial charge in [0, 0.05) is 31.8 Å². The third-order valence-corrected chi connectivity index (χ3v) is 14.5. The standard InChI is InChI=1S/C42H32O2P2.H2O/c43-45(37-20-5-1-6-21-37,38-22-7-2-8-23-38)41-28-14-18-35(31-41)33-16-13-17-34(30-33)36-19-15-29-42(32-36)46(44,39-24-9-3-10-25-39)40-26-11-4-12-27-40;/h1-32H;1H2. The first kappa shape index (κ1) is 31.9. The number of rotatable bonds is 8. The van der Waals surface area contributed by atoms with Gasteiger partial charge in [-0.05, 0) is 40.5 Å². The second-order valence-electron chi connectivity index (χ2n) is 11.2. The lowest BCUT2D eigenvalue weighted by Gasteiger charge is -2.21. The zero-order chi connectivity index (χ0) is 31.4. The summed E-state index contributed by atoms with van der Waals surface area (Å²) >= 11 is 0. The van der Waals surface area contributed by atoms with Crippen LogP contribution in [0.25, 0.3) is 22.3 Å². The molecule has 0 amide bonds. The van der Waals surface area contributed by atoms with Gasteiger partial charge in [-0.3, -0.25) is 0 Å². The van der Waals surface area contributed by atoms with Gasteiger partial charge in [0.05, 0.1) is 0 Å². The summed E-state index contributed by atoms with van der Waals surface area (Å²) in [6.45, 7) is 0. The van der Waals surface area contributed by atoms with E-state index < -0.39 is 14.3 Å². The molecule has 230 valence electrons. The van der Waals surface area contributed by atoms with Crippen molar-refractivity contribution >= 4 is 46.1 Å². The van der Waals surface area contributed by atoms with Gasteiger partial charge >= 0.3 is 0 Å². The molecule has 0 aliphatic heterocycles. The highest BCUT2D eigenvalue weighted by atomic mass is 31.2. The molecule has 0 saturated carbocycles. The van der Waals surface area contributed by atoms with Crippen LogP contribution in [0.4, 0.5) is 0 Å². The van der Waals surface area contributed by atoms with Crippen molar-refractivity contribution in [3.63, 3.8) is 0 Å². The van der Waals surface area contributed by atoms with E-state index in [-0.39, 0.29) is 5.48 Å². The van der Waals surface area contributed by atoms with Crippen molar-refractivity contribution < 1.29 is 14.6 Å². The average Bonchev–Trinajstić information content (AvgIpc) is 3.16. The maximum Gasteiger partial charge on any atom is 0.171 e. The van der Waals surface area contributed by atoms with Crippen LogP contribution in [0.5, 0.6) is 0 Å². The van der Waals surface area contributed by atoms with E-state index in [1.54, 1.807) is 0 Å². The van der Waals surface area contributed by atoms with Crippen LogP contribution in [-0.4, -0.2) is 5.48 Å². The van der Waals surface area contributed by atoms with Gasteiger partial charge < -0.3 is 14.6 Å². The summed E-state index contributed by atoms with van der Waals surface area (Å²) in [4.78, 5) is 0. The molecule has 2 N–H and O–H groups in total. The molecule has 0 heterocycles. The third-order valence-electron chi connectivity index (χ3n) is 8.43. The summed E-state index contributed by atoms with van der Waals surface area (Å²) in [5, 5.41) is 4.83. The molecule has 0 radical (unpaired) electrons. The molecule has 0 aromatic heterocycles. The van der Waals surface area contributed by atoms with E-state index in [1.165, 1.54) is 0 Å². The summed E-state index contributed by atoms with van der Waals surface area (Å²) in [5.74, 6) is 0. The molecule has 0 bridgehead atoms. The van der Waals surface area contributed by atoms with Crippen LogP contribution in [0.1, 0.15) is 0 Å². The first-order valence-corrected chi connectivity index (χ1v) is 18.7. The topological polar surface area (TPSA) is 65.6 Å². The Morgan fingerprint density at radius 1 is 0.255 bits per heavy atom. The number of hydrogen-bond acceptors (Lipinski definition) is 2. The maximum absolute atomic E-state index is 15.0. The largest absolute Gasteiger partial charge is 0.412 e. The second-order valence-corrected chi connectivity index (χ2v) is 16.8. The van der Waals surface area contributed by atoms with Crippen molar-refractivity contribution in [1.29, 1.82) is 0 Å². The van der Waals surface area contributed by atoms with Gasteiger partial charge in [0.25, 0.3) is 0 Å². The lowest BCUT2D eigenvalue weighted by Crippen LogP contribution is -2.25. The summed E-state index contributed by atoms with van der Waals surface area (Å²) in [6, 6.07) is 63.6. The van der Waals surface area contributed by atoms with Gasteiger partial charge in [-0.2, -0.15) is 0 Å². The molecule has 0 aliphatic carbocycles. The van der Waals surface area contributed by atoms with Crippen molar-refractivity contribution in [3.8, 4) is 22.3 Å². The Kier molecular flexibility index (Phi) is 9.34. The minimum atomic E-state index is -3.11. The molecule has 7 rings (SSSR count). The van der Waals surface area contributed by atoms with E-state index in [1.807, 2.05) is 152 Å². The average molecular weight is 649 g/mol. The number of hydrogen-bond donors (Lipinski definition) is 0. The van der Waals surface area contributed by atoms with Gasteiger partial charge in [-0.25, -0.2) is 0 Å². The van der Waals surface area contributed by atoms with Gasteiger partial charge in [-0.15, -0.1) is 0 Å². The predicted molar refractivity (Wildman–Crippen MR) is 200 cm³/mol. The first-order chi connectivity index (χ1) is 22.6. The fraction of sp³-hybridized carbons (Fsp3) is 0. The van der Waals surface area contributed by atoms with Gasteiger partial charge in [0.15, 0.2) is 14.3 Å². The molecule has 0 spiro atoms. The van der Waals surface area contributed by atoms with E-state index in [9.17, 15) is 0 Å². The van der Waals surface area contributed by atoms with Gasteiger partial charge in [0.2, 0.25) is 0 Å². The Hall–Kier alpha value is -5.04. The Labute approximate surface area is 276 Å². The summed E-state index contributed by atoms with van der Waals surface area (Å²) < 4.78 is 30.1. The molecule has 47 heavy (non-hydrogen) atoms. The highest BCUT2D eigenvalue weighted by Gasteiger charge is 2.31. The highest BCUT2D eigenvalue weighted by molar-refractivity contribution is 7.85. The molecule has 5 heteroatoms. The van der Waals surface area contributed by atoms with Crippen molar-refractivity contribution in [2.75, 3.05) is 0 Å². The molecule has 7 aromatic carbocycles. The summed E-state index contributed by atoms with van der Waals surface area (Å²) in [7, 11) is -6.22. The molecule has 3 nitrogen and oxygen atoms in total. The Bertz CT molecular complexity index is 1960. The quantitative estimate of drug-likeness (QED) is 0.161. The second kappa shape index (κ2) is 13.8. The summed E-state index contributed by atoms with van der Waals surface area (Å²) in [5.41, 5.74) is 4.02. The zero-order valence-corrected chi connectivity index (χ0v) is 27.5. The van der Waals surface area contributed by atoms with Crippen molar-refractivity contribution in [3.05, 3.63) is 194 Å². The van der Waals surface area contributed by atoms with E-state index >= 15 is 9.13 Å². The Balaban J connectivity index is 0.00000386. The van der Waals surface area contributed by atoms with Gasteiger partial charge in [0.1, 0.15) is 0 Å². The molecule has 0 saturated heterocycles. The maximum atomic E-state index is 15.0. The van der Waals surface area contributed by atoms with E-state index in [0.29, 0.717) is 0 Å². The van der Waals surface area contributed by atoms with Crippen molar-refractivity contribution in [1.82, 2.24) is 0 Å². The first-order valence-electron chi connectivity index (χ1n) is 15.3. The van der Waals surface area contributed by atoms with Crippen LogP contribution in [0.15, 0.2) is 194 Å². The van der Waals surface area contributed by atoms with Crippen LogP contribution in [0, 0.1) is 0 Å². The SMILES string of the molecule is O.O=P(c1ccccc1)(c1ccccc1)c1cccc(-c2cccc(-c3cccc(P(=O)(c4ccccc4)c4ccccc4)c3)c2)c1. The fourth-order valence-electron chi connectivity index (χ4n) is 6.09. The molecule has 7 aromatic rings. The minimum absolute atomic E-state index is 0. The molecule has 0 unspecified atom stereocenters. The fourth-order valence-corrected chi connectivity index (χ4v) is 11.5. The van der Waals surface area contributed by atoms with Crippen LogP contribution >= 0.6 is 14.3 Å². The monoisotopic (exact) mass is 648 g/mol. The molecule has 0 fully saturated rings. The highest BCUT2D eigenvalue weighted by Crippen LogP contribution is 2.44. The van der Waals surface area contributed by atoms with Crippen LogP contribution in [-0.2, 0) is 9.13 Å². The van der Waals surface area contributed by atoms with E-state index in [4.69, 9.17) is 0 Å². The van der Waals surface area contributed by atoms with Crippen LogP contribution in [0.2, 0.25) is 0 Å². The van der Waals surface area contributed by atoms with Gasteiger partial charge in [-0.1, -0.05) is 176 Å². The van der Waals surface area contributed by atoms with E-state index in [0.717, 1.165) is 54.1 Å². The smallest absolute Gasteiger partial charge is 0.171 e. The van der Waals surface area contributed by atoms with Crippen molar-refractivity contribution in [2.45, 2.75) is 0 Å². The molecule has 0 atom stereocenters. The Morgan fingerprint density at radius 3 is 0.787 bits per heavy atom. The normalized spacial score (nSPS) is 11.4. The van der Waals surface area contributed by atoms with Crippen LogP contribution < -0.4 is 31.8 Å². The van der Waals surface area contributed by atoms with E-state index in [2.05, 4.69) is 42.5 Å². The lowest BCUT2D eigenvalue weighted by atomic mass is 9.99. The summed E-state index contributed by atoms with van der Waals surface area (Å²) in [6.07, 6.45) is 0. The minimum Gasteiger partial charge on any atom is -0.412 e. The lowest BCUT2D eigenvalue weighted by molar-refractivity contribution is 0.591. The predicted octanol–water partition coefficient (Wildman–Crippen LogP) is 7.47. The zero-order valence-electron chi connectivity index (χ0n) is 25.7.